The number of nitrogens with one attached hydrogen (secondary N) is 1. The zero-order valence-electron chi connectivity index (χ0n) is 17.7. The number of rotatable bonds is 2. The molecule has 0 bridgehead atoms. The van der Waals surface area contributed by atoms with E-state index in [0.29, 0.717) is 13.0 Å². The Kier molecular flexibility index (Phi) is 5.66. The predicted molar refractivity (Wildman–Crippen MR) is 112 cm³/mol. The monoisotopic (exact) mass is 422 g/mol. The standard InChI is InChI=1S/C20H30N4O4S/c1-14-7-6-8-16(15(14)2)21-19(26)24-11-9-17-20(13-24,18(25)22(3)4)10-12-29(27,28)23(17)5/h6-8,17H,9-13H2,1-5H3,(H,21,26)/t17-,20+/m1/s1. The first-order chi connectivity index (χ1) is 13.5. The lowest BCUT2D eigenvalue weighted by Crippen LogP contribution is -2.67. The molecule has 2 fully saturated rings. The largest absolute Gasteiger partial charge is 0.348 e. The summed E-state index contributed by atoms with van der Waals surface area (Å²) in [5.41, 5.74) is 1.90. The van der Waals surface area contributed by atoms with Gasteiger partial charge >= 0.3 is 6.03 Å². The Hall–Kier alpha value is -2.13. The summed E-state index contributed by atoms with van der Waals surface area (Å²) in [6.07, 6.45) is 0.643. The van der Waals surface area contributed by atoms with Crippen LogP contribution in [0.25, 0.3) is 0 Å². The molecular formula is C20H30N4O4S. The summed E-state index contributed by atoms with van der Waals surface area (Å²) >= 11 is 0. The van der Waals surface area contributed by atoms with Gasteiger partial charge in [-0.3, -0.25) is 4.79 Å². The minimum atomic E-state index is -3.38. The van der Waals surface area contributed by atoms with E-state index in [0.717, 1.165) is 16.8 Å². The molecule has 2 heterocycles. The Labute approximate surface area is 172 Å². The summed E-state index contributed by atoms with van der Waals surface area (Å²) < 4.78 is 26.2. The van der Waals surface area contributed by atoms with Crippen LogP contribution in [0, 0.1) is 19.3 Å². The van der Waals surface area contributed by atoms with Gasteiger partial charge in [0.05, 0.1) is 11.2 Å². The maximum atomic E-state index is 13.2. The van der Waals surface area contributed by atoms with Gasteiger partial charge in [-0.2, -0.15) is 0 Å². The Morgan fingerprint density at radius 2 is 1.93 bits per heavy atom. The van der Waals surface area contributed by atoms with Crippen LogP contribution >= 0.6 is 0 Å². The number of urea groups is 1. The van der Waals surface area contributed by atoms with Crippen LogP contribution in [0.3, 0.4) is 0 Å². The van der Waals surface area contributed by atoms with Crippen molar-refractivity contribution in [2.24, 2.45) is 5.41 Å². The van der Waals surface area contributed by atoms with Gasteiger partial charge < -0.3 is 15.1 Å². The predicted octanol–water partition coefficient (Wildman–Crippen LogP) is 1.65. The van der Waals surface area contributed by atoms with E-state index in [1.807, 2.05) is 32.0 Å². The van der Waals surface area contributed by atoms with Crippen molar-refractivity contribution in [1.82, 2.24) is 14.1 Å². The third-order valence-electron chi connectivity index (χ3n) is 6.43. The number of piperidine rings is 1. The number of hydrogen-bond acceptors (Lipinski definition) is 4. The molecule has 0 radical (unpaired) electrons. The quantitative estimate of drug-likeness (QED) is 0.785. The molecule has 3 rings (SSSR count). The van der Waals surface area contributed by atoms with E-state index in [-0.39, 0.29) is 30.7 Å². The second-order valence-electron chi connectivity index (χ2n) is 8.34. The highest BCUT2D eigenvalue weighted by Gasteiger charge is 2.57. The minimum absolute atomic E-state index is 0.0912. The molecule has 2 saturated heterocycles. The Balaban J connectivity index is 1.88. The van der Waals surface area contributed by atoms with Crippen LogP contribution < -0.4 is 5.32 Å². The summed E-state index contributed by atoms with van der Waals surface area (Å²) in [5.74, 6) is -0.222. The normalized spacial score (nSPS) is 26.5. The second-order valence-corrected chi connectivity index (χ2v) is 10.5. The van der Waals surface area contributed by atoms with E-state index in [2.05, 4.69) is 5.32 Å². The average Bonchev–Trinajstić information content (AvgIpc) is 2.67. The lowest BCUT2D eigenvalue weighted by molar-refractivity contribution is -0.146. The number of benzene rings is 1. The molecule has 0 saturated carbocycles. The van der Waals surface area contributed by atoms with Crippen molar-refractivity contribution < 1.29 is 18.0 Å². The molecule has 2 aliphatic rings. The summed E-state index contributed by atoms with van der Waals surface area (Å²) in [4.78, 5) is 29.3. The molecule has 0 aromatic heterocycles. The first kappa shape index (κ1) is 21.6. The fourth-order valence-electron chi connectivity index (χ4n) is 4.52. The maximum Gasteiger partial charge on any atom is 0.321 e. The van der Waals surface area contributed by atoms with Crippen molar-refractivity contribution in [2.45, 2.75) is 32.7 Å². The third-order valence-corrected chi connectivity index (χ3v) is 8.28. The number of nitrogens with zero attached hydrogens (tertiary/aromatic N) is 3. The minimum Gasteiger partial charge on any atom is -0.348 e. The zero-order valence-corrected chi connectivity index (χ0v) is 18.5. The molecule has 29 heavy (non-hydrogen) atoms. The average molecular weight is 423 g/mol. The lowest BCUT2D eigenvalue weighted by Gasteiger charge is -2.53. The molecule has 2 atom stereocenters. The van der Waals surface area contributed by atoms with E-state index in [1.165, 1.54) is 9.21 Å². The van der Waals surface area contributed by atoms with Crippen molar-refractivity contribution in [3.63, 3.8) is 0 Å². The first-order valence-electron chi connectivity index (χ1n) is 9.79. The maximum absolute atomic E-state index is 13.2. The Bertz CT molecular complexity index is 930. The van der Waals surface area contributed by atoms with Gasteiger partial charge in [-0.1, -0.05) is 12.1 Å². The van der Waals surface area contributed by atoms with Crippen molar-refractivity contribution in [3.8, 4) is 0 Å². The molecule has 3 amide bonds. The fraction of sp³-hybridized carbons (Fsp3) is 0.600. The van der Waals surface area contributed by atoms with Crippen molar-refractivity contribution in [2.75, 3.05) is 45.3 Å². The highest BCUT2D eigenvalue weighted by Crippen LogP contribution is 2.43. The van der Waals surface area contributed by atoms with Crippen LogP contribution in [0.1, 0.15) is 24.0 Å². The van der Waals surface area contributed by atoms with Crippen LogP contribution in [-0.2, 0) is 14.8 Å². The number of carbonyl (C=O) groups excluding carboxylic acids is 2. The van der Waals surface area contributed by atoms with Gasteiger partial charge in [-0.15, -0.1) is 0 Å². The fourth-order valence-corrected chi connectivity index (χ4v) is 6.13. The van der Waals surface area contributed by atoms with E-state index in [9.17, 15) is 18.0 Å². The summed E-state index contributed by atoms with van der Waals surface area (Å²) in [7, 11) is 1.51. The van der Waals surface area contributed by atoms with E-state index in [4.69, 9.17) is 0 Å². The van der Waals surface area contributed by atoms with Crippen molar-refractivity contribution in [3.05, 3.63) is 29.3 Å². The Morgan fingerprint density at radius 1 is 1.24 bits per heavy atom. The molecule has 0 aliphatic carbocycles. The molecule has 0 spiro atoms. The molecule has 0 unspecified atom stereocenters. The van der Waals surface area contributed by atoms with E-state index >= 15 is 0 Å². The van der Waals surface area contributed by atoms with Gasteiger partial charge in [0.15, 0.2) is 0 Å². The molecule has 1 aromatic rings. The molecule has 1 N–H and O–H groups in total. The summed E-state index contributed by atoms with van der Waals surface area (Å²) in [5, 5.41) is 2.96. The van der Waals surface area contributed by atoms with Crippen molar-refractivity contribution >= 4 is 27.6 Å². The van der Waals surface area contributed by atoms with Gasteiger partial charge in [0.25, 0.3) is 0 Å². The smallest absolute Gasteiger partial charge is 0.321 e. The van der Waals surface area contributed by atoms with Crippen LogP contribution in [0.2, 0.25) is 0 Å². The first-order valence-corrected chi connectivity index (χ1v) is 11.4. The molecule has 160 valence electrons. The number of anilines is 1. The van der Waals surface area contributed by atoms with Gasteiger partial charge in [0.2, 0.25) is 15.9 Å². The SMILES string of the molecule is Cc1cccc(NC(=O)N2CC[C@H]3N(C)S(=O)(=O)CC[C@]3(C(=O)N(C)C)C2)c1C. The molecule has 8 nitrogen and oxygen atoms in total. The molecule has 2 aliphatic heterocycles. The number of sulfonamides is 1. The van der Waals surface area contributed by atoms with E-state index in [1.54, 1.807) is 26.0 Å². The van der Waals surface area contributed by atoms with Gasteiger partial charge in [-0.05, 0) is 43.9 Å². The topological polar surface area (TPSA) is 90.0 Å². The van der Waals surface area contributed by atoms with Crippen molar-refractivity contribution in [1.29, 1.82) is 0 Å². The van der Waals surface area contributed by atoms with Crippen LogP contribution in [0.4, 0.5) is 10.5 Å². The summed E-state index contributed by atoms with van der Waals surface area (Å²) in [6.45, 7) is 4.53. The molecular weight excluding hydrogens is 392 g/mol. The highest BCUT2D eigenvalue weighted by molar-refractivity contribution is 7.89. The number of amides is 3. The molecule has 9 heteroatoms. The molecule has 1 aromatic carbocycles. The highest BCUT2D eigenvalue weighted by atomic mass is 32.2. The van der Waals surface area contributed by atoms with Crippen LogP contribution in [0.15, 0.2) is 18.2 Å². The number of carbonyl (C=O) groups is 2. The second kappa shape index (κ2) is 7.60. The van der Waals surface area contributed by atoms with Gasteiger partial charge in [-0.25, -0.2) is 17.5 Å². The zero-order chi connectivity index (χ0) is 21.6. The number of fused-ring (bicyclic) bond motifs is 1. The third kappa shape index (κ3) is 3.73. The van der Waals surface area contributed by atoms with E-state index < -0.39 is 21.5 Å². The number of hydrogen-bond donors (Lipinski definition) is 1. The number of likely N-dealkylation sites (tertiary alicyclic amines) is 1. The Morgan fingerprint density at radius 3 is 2.59 bits per heavy atom. The summed E-state index contributed by atoms with van der Waals surface area (Å²) in [6, 6.07) is 5.02. The van der Waals surface area contributed by atoms with Crippen LogP contribution in [-0.4, -0.2) is 80.5 Å². The van der Waals surface area contributed by atoms with Crippen LogP contribution in [0.5, 0.6) is 0 Å². The lowest BCUT2D eigenvalue weighted by atomic mass is 9.72. The van der Waals surface area contributed by atoms with Gasteiger partial charge in [0, 0.05) is 46.0 Å². The number of aryl methyl sites for hydroxylation is 1. The van der Waals surface area contributed by atoms with Gasteiger partial charge in [0.1, 0.15) is 0 Å².